The standard InChI is InChI=1S/C15H23NO3/c1-6-11(14(17)16-15(2,3)4)19-13-10-8-7-9-12(13)18-5/h7-11H,6H2,1-5H3,(H,16,17)/t11-/m1/s1. The molecule has 0 heterocycles. The van der Waals surface area contributed by atoms with Gasteiger partial charge in [0, 0.05) is 5.54 Å². The minimum Gasteiger partial charge on any atom is -0.493 e. The van der Waals surface area contributed by atoms with E-state index in [0.29, 0.717) is 17.9 Å². The molecule has 0 spiro atoms. The van der Waals surface area contributed by atoms with Gasteiger partial charge in [0.15, 0.2) is 17.6 Å². The van der Waals surface area contributed by atoms with Gasteiger partial charge in [-0.05, 0) is 39.3 Å². The fourth-order valence-electron chi connectivity index (χ4n) is 1.64. The van der Waals surface area contributed by atoms with Gasteiger partial charge < -0.3 is 14.8 Å². The van der Waals surface area contributed by atoms with E-state index in [2.05, 4.69) is 5.32 Å². The summed E-state index contributed by atoms with van der Waals surface area (Å²) in [5.74, 6) is 1.10. The molecule has 0 radical (unpaired) electrons. The van der Waals surface area contributed by atoms with Crippen LogP contribution in [-0.4, -0.2) is 24.7 Å². The van der Waals surface area contributed by atoms with Gasteiger partial charge in [0.05, 0.1) is 7.11 Å². The average Bonchev–Trinajstić information content (AvgIpc) is 2.34. The van der Waals surface area contributed by atoms with Gasteiger partial charge in [-0.3, -0.25) is 4.79 Å². The van der Waals surface area contributed by atoms with E-state index in [1.54, 1.807) is 13.2 Å². The predicted octanol–water partition coefficient (Wildman–Crippen LogP) is 2.77. The van der Waals surface area contributed by atoms with E-state index in [-0.39, 0.29) is 11.4 Å². The van der Waals surface area contributed by atoms with Gasteiger partial charge in [-0.25, -0.2) is 0 Å². The summed E-state index contributed by atoms with van der Waals surface area (Å²) in [4.78, 5) is 12.1. The zero-order valence-electron chi connectivity index (χ0n) is 12.3. The number of nitrogens with one attached hydrogen (secondary N) is 1. The number of hydrogen-bond acceptors (Lipinski definition) is 3. The molecule has 4 nitrogen and oxygen atoms in total. The molecule has 0 aliphatic rings. The topological polar surface area (TPSA) is 47.6 Å². The van der Waals surface area contributed by atoms with Gasteiger partial charge in [0.1, 0.15) is 0 Å². The Morgan fingerprint density at radius 1 is 1.26 bits per heavy atom. The van der Waals surface area contributed by atoms with Crippen molar-refractivity contribution >= 4 is 5.91 Å². The lowest BCUT2D eigenvalue weighted by Crippen LogP contribution is -2.47. The molecule has 106 valence electrons. The Balaban J connectivity index is 2.79. The van der Waals surface area contributed by atoms with Crippen LogP contribution in [0.15, 0.2) is 24.3 Å². The number of benzene rings is 1. The number of amides is 1. The summed E-state index contributed by atoms with van der Waals surface area (Å²) in [6.07, 6.45) is 0.0792. The molecule has 0 fully saturated rings. The minimum absolute atomic E-state index is 0.110. The third-order valence-electron chi connectivity index (χ3n) is 2.50. The number of carbonyl (C=O) groups is 1. The van der Waals surface area contributed by atoms with Crippen LogP contribution in [0, 0.1) is 0 Å². The van der Waals surface area contributed by atoms with Crippen molar-refractivity contribution in [3.8, 4) is 11.5 Å². The predicted molar refractivity (Wildman–Crippen MR) is 75.6 cm³/mol. The van der Waals surface area contributed by atoms with Crippen LogP contribution in [0.3, 0.4) is 0 Å². The highest BCUT2D eigenvalue weighted by Crippen LogP contribution is 2.27. The molecule has 1 N–H and O–H groups in total. The lowest BCUT2D eigenvalue weighted by Gasteiger charge is -2.25. The van der Waals surface area contributed by atoms with Crippen molar-refractivity contribution in [1.82, 2.24) is 5.32 Å². The van der Waals surface area contributed by atoms with Crippen LogP contribution >= 0.6 is 0 Å². The summed E-state index contributed by atoms with van der Waals surface area (Å²) in [6, 6.07) is 7.32. The second-order valence-corrected chi connectivity index (χ2v) is 5.40. The molecule has 1 aromatic carbocycles. The van der Waals surface area contributed by atoms with Crippen molar-refractivity contribution in [2.24, 2.45) is 0 Å². The van der Waals surface area contributed by atoms with Crippen molar-refractivity contribution in [3.05, 3.63) is 24.3 Å². The zero-order chi connectivity index (χ0) is 14.5. The highest BCUT2D eigenvalue weighted by atomic mass is 16.5. The van der Waals surface area contributed by atoms with E-state index < -0.39 is 6.10 Å². The molecule has 0 unspecified atom stereocenters. The average molecular weight is 265 g/mol. The van der Waals surface area contributed by atoms with Crippen molar-refractivity contribution in [2.75, 3.05) is 7.11 Å². The summed E-state index contributed by atoms with van der Waals surface area (Å²) in [7, 11) is 1.58. The highest BCUT2D eigenvalue weighted by Gasteiger charge is 2.23. The Labute approximate surface area is 115 Å². The number of ether oxygens (including phenoxy) is 2. The zero-order valence-corrected chi connectivity index (χ0v) is 12.3. The lowest BCUT2D eigenvalue weighted by molar-refractivity contribution is -0.129. The number of carbonyl (C=O) groups excluding carboxylic acids is 1. The maximum absolute atomic E-state index is 12.1. The van der Waals surface area contributed by atoms with Gasteiger partial charge in [-0.2, -0.15) is 0 Å². The largest absolute Gasteiger partial charge is 0.493 e. The number of hydrogen-bond donors (Lipinski definition) is 1. The molecule has 0 bridgehead atoms. The maximum atomic E-state index is 12.1. The van der Waals surface area contributed by atoms with E-state index in [0.717, 1.165) is 0 Å². The van der Waals surface area contributed by atoms with E-state index >= 15 is 0 Å². The van der Waals surface area contributed by atoms with E-state index in [4.69, 9.17) is 9.47 Å². The van der Waals surface area contributed by atoms with Crippen LogP contribution in [0.25, 0.3) is 0 Å². The molecule has 19 heavy (non-hydrogen) atoms. The molecule has 0 aliphatic carbocycles. The summed E-state index contributed by atoms with van der Waals surface area (Å²) < 4.78 is 11.0. The Hall–Kier alpha value is -1.71. The van der Waals surface area contributed by atoms with Crippen molar-refractivity contribution in [3.63, 3.8) is 0 Å². The van der Waals surface area contributed by atoms with Crippen LogP contribution in [-0.2, 0) is 4.79 Å². The SMILES string of the molecule is CC[C@@H](Oc1ccccc1OC)C(=O)NC(C)(C)C. The summed E-state index contributed by atoms with van der Waals surface area (Å²) in [5.41, 5.74) is -0.269. The van der Waals surface area contributed by atoms with Crippen LogP contribution < -0.4 is 14.8 Å². The third kappa shape index (κ3) is 4.81. The van der Waals surface area contributed by atoms with Gasteiger partial charge in [0.2, 0.25) is 0 Å². The molecule has 1 amide bonds. The molecule has 1 atom stereocenters. The molecular weight excluding hydrogens is 242 g/mol. The second kappa shape index (κ2) is 6.45. The third-order valence-corrected chi connectivity index (χ3v) is 2.50. The van der Waals surface area contributed by atoms with E-state index in [9.17, 15) is 4.79 Å². The Morgan fingerprint density at radius 2 is 1.84 bits per heavy atom. The van der Waals surface area contributed by atoms with Gasteiger partial charge in [-0.1, -0.05) is 19.1 Å². The first kappa shape index (κ1) is 15.3. The Morgan fingerprint density at radius 3 is 2.32 bits per heavy atom. The highest BCUT2D eigenvalue weighted by molar-refractivity contribution is 5.81. The second-order valence-electron chi connectivity index (χ2n) is 5.40. The number of rotatable bonds is 5. The normalized spacial score (nSPS) is 12.7. The van der Waals surface area contributed by atoms with Crippen molar-refractivity contribution < 1.29 is 14.3 Å². The van der Waals surface area contributed by atoms with Crippen LogP contribution in [0.1, 0.15) is 34.1 Å². The van der Waals surface area contributed by atoms with Crippen LogP contribution in [0.5, 0.6) is 11.5 Å². The molecule has 1 rings (SSSR count). The summed E-state index contributed by atoms with van der Waals surface area (Å²) in [5, 5.41) is 2.92. The molecule has 1 aromatic rings. The maximum Gasteiger partial charge on any atom is 0.261 e. The van der Waals surface area contributed by atoms with E-state index in [1.807, 2.05) is 45.9 Å². The Bertz CT molecular complexity index is 424. The Kier molecular flexibility index (Phi) is 5.21. The minimum atomic E-state index is -0.518. The first-order valence-corrected chi connectivity index (χ1v) is 6.49. The lowest BCUT2D eigenvalue weighted by atomic mass is 10.1. The van der Waals surface area contributed by atoms with Crippen molar-refractivity contribution in [2.45, 2.75) is 45.8 Å². The fraction of sp³-hybridized carbons (Fsp3) is 0.533. The van der Waals surface area contributed by atoms with Gasteiger partial charge in [0.25, 0.3) is 5.91 Å². The fourth-order valence-corrected chi connectivity index (χ4v) is 1.64. The number of para-hydroxylation sites is 2. The molecule has 4 heteroatoms. The monoisotopic (exact) mass is 265 g/mol. The van der Waals surface area contributed by atoms with Gasteiger partial charge in [-0.15, -0.1) is 0 Å². The smallest absolute Gasteiger partial charge is 0.261 e. The molecular formula is C15H23NO3. The summed E-state index contributed by atoms with van der Waals surface area (Å²) >= 11 is 0. The van der Waals surface area contributed by atoms with Crippen molar-refractivity contribution in [1.29, 1.82) is 0 Å². The molecule has 0 aromatic heterocycles. The first-order valence-electron chi connectivity index (χ1n) is 6.49. The van der Waals surface area contributed by atoms with Crippen LogP contribution in [0.4, 0.5) is 0 Å². The quantitative estimate of drug-likeness (QED) is 0.890. The van der Waals surface area contributed by atoms with Crippen LogP contribution in [0.2, 0.25) is 0 Å². The molecule has 0 aliphatic heterocycles. The molecule has 0 saturated carbocycles. The first-order chi connectivity index (χ1) is 8.87. The number of methoxy groups -OCH3 is 1. The molecule has 0 saturated heterocycles. The van der Waals surface area contributed by atoms with Gasteiger partial charge >= 0.3 is 0 Å². The van der Waals surface area contributed by atoms with E-state index in [1.165, 1.54) is 0 Å². The summed E-state index contributed by atoms with van der Waals surface area (Å²) in [6.45, 7) is 7.75.